The van der Waals surface area contributed by atoms with Crippen molar-refractivity contribution in [2.24, 2.45) is 0 Å². The molecule has 1 aliphatic carbocycles. The van der Waals surface area contributed by atoms with Crippen molar-refractivity contribution in [2.75, 3.05) is 5.32 Å². The molecule has 0 saturated heterocycles. The lowest BCUT2D eigenvalue weighted by atomic mass is 10.1. The Kier molecular flexibility index (Phi) is 3.99. The molecule has 5 aromatic rings. The summed E-state index contributed by atoms with van der Waals surface area (Å²) in [5, 5.41) is 8.42. The third kappa shape index (κ3) is 3.09. The summed E-state index contributed by atoms with van der Waals surface area (Å²) in [5.74, 6) is 1.39. The van der Waals surface area contributed by atoms with E-state index in [1.807, 2.05) is 51.8 Å². The smallest absolute Gasteiger partial charge is 0.162 e. The van der Waals surface area contributed by atoms with Crippen molar-refractivity contribution in [3.63, 3.8) is 0 Å². The summed E-state index contributed by atoms with van der Waals surface area (Å²) in [7, 11) is 0. The molecule has 1 saturated carbocycles. The van der Waals surface area contributed by atoms with E-state index >= 15 is 0 Å². The number of nitrogens with zero attached hydrogens (tertiary/aromatic N) is 5. The highest BCUT2D eigenvalue weighted by Gasteiger charge is 2.28. The van der Waals surface area contributed by atoms with Crippen molar-refractivity contribution in [3.8, 4) is 11.1 Å². The number of halogens is 1. The maximum absolute atomic E-state index is 6.29. The Bertz CT molecular complexity index is 1370. The molecule has 30 heavy (non-hydrogen) atoms. The average Bonchev–Trinajstić information content (AvgIpc) is 3.39. The van der Waals surface area contributed by atoms with Gasteiger partial charge in [0.05, 0.1) is 18.4 Å². The molecule has 0 bridgehead atoms. The van der Waals surface area contributed by atoms with E-state index in [2.05, 4.69) is 39.7 Å². The fourth-order valence-corrected chi connectivity index (χ4v) is 4.05. The van der Waals surface area contributed by atoms with Crippen LogP contribution in [0.25, 0.3) is 22.4 Å². The van der Waals surface area contributed by atoms with Crippen LogP contribution in [0.5, 0.6) is 0 Å². The van der Waals surface area contributed by atoms with Gasteiger partial charge < -0.3 is 9.72 Å². The van der Waals surface area contributed by atoms with Crippen LogP contribution in [0.4, 0.5) is 5.82 Å². The SMILES string of the molecule is Clc1cc(NCc2cn3ccc(-c4ccccc4)cc3n2)n2ncc(C3CC3)c2n1. The number of anilines is 1. The standard InChI is InChI=1S/C23H19ClN6/c24-20-11-21(30-23(28-20)19(13-26-30)16-6-7-16)25-12-18-14-29-9-8-17(10-22(29)27-18)15-4-2-1-3-5-15/h1-5,8-11,13-14,16,25H,6-7,12H2. The monoisotopic (exact) mass is 414 g/mol. The van der Waals surface area contributed by atoms with Crippen molar-refractivity contribution in [1.82, 2.24) is 24.0 Å². The summed E-state index contributed by atoms with van der Waals surface area (Å²) in [6.07, 6.45) is 8.40. The Morgan fingerprint density at radius 2 is 1.90 bits per heavy atom. The van der Waals surface area contributed by atoms with Crippen LogP contribution in [0.2, 0.25) is 5.15 Å². The van der Waals surface area contributed by atoms with Gasteiger partial charge in [-0.15, -0.1) is 0 Å². The van der Waals surface area contributed by atoms with E-state index in [0.717, 1.165) is 28.4 Å². The fourth-order valence-electron chi connectivity index (χ4n) is 3.87. The van der Waals surface area contributed by atoms with Crippen molar-refractivity contribution in [3.05, 3.63) is 83.5 Å². The van der Waals surface area contributed by atoms with Crippen LogP contribution in [-0.4, -0.2) is 24.0 Å². The minimum atomic E-state index is 0.468. The molecule has 1 aromatic carbocycles. The van der Waals surface area contributed by atoms with Gasteiger partial charge in [-0.25, -0.2) is 9.97 Å². The Balaban J connectivity index is 1.28. The maximum atomic E-state index is 6.29. The number of benzene rings is 1. The molecule has 4 aromatic heterocycles. The van der Waals surface area contributed by atoms with E-state index in [1.165, 1.54) is 24.0 Å². The van der Waals surface area contributed by atoms with Gasteiger partial charge in [0.1, 0.15) is 16.6 Å². The Labute approximate surface area is 178 Å². The predicted molar refractivity (Wildman–Crippen MR) is 118 cm³/mol. The zero-order chi connectivity index (χ0) is 20.1. The van der Waals surface area contributed by atoms with Crippen LogP contribution in [0, 0.1) is 0 Å². The first kappa shape index (κ1) is 17.5. The first-order valence-corrected chi connectivity index (χ1v) is 10.4. The fraction of sp³-hybridized carbons (Fsp3) is 0.174. The normalized spacial score (nSPS) is 13.9. The van der Waals surface area contributed by atoms with Gasteiger partial charge in [0.15, 0.2) is 5.65 Å². The summed E-state index contributed by atoms with van der Waals surface area (Å²) in [4.78, 5) is 9.27. The third-order valence-corrected chi connectivity index (χ3v) is 5.75. The predicted octanol–water partition coefficient (Wildman–Crippen LogP) is 5.19. The van der Waals surface area contributed by atoms with Crippen LogP contribution >= 0.6 is 11.6 Å². The van der Waals surface area contributed by atoms with Crippen molar-refractivity contribution < 1.29 is 0 Å². The molecule has 4 heterocycles. The quantitative estimate of drug-likeness (QED) is 0.402. The number of fused-ring (bicyclic) bond motifs is 2. The van der Waals surface area contributed by atoms with Crippen LogP contribution < -0.4 is 5.32 Å². The van der Waals surface area contributed by atoms with Crippen molar-refractivity contribution >= 4 is 28.7 Å². The largest absolute Gasteiger partial charge is 0.364 e. The number of nitrogens with one attached hydrogen (secondary N) is 1. The Hall–Kier alpha value is -3.38. The zero-order valence-electron chi connectivity index (χ0n) is 16.2. The van der Waals surface area contributed by atoms with Crippen LogP contribution in [0.1, 0.15) is 30.0 Å². The van der Waals surface area contributed by atoms with Crippen molar-refractivity contribution in [1.29, 1.82) is 0 Å². The highest BCUT2D eigenvalue weighted by Crippen LogP contribution is 2.42. The van der Waals surface area contributed by atoms with Gasteiger partial charge in [0.25, 0.3) is 0 Å². The molecule has 0 aliphatic heterocycles. The molecule has 0 amide bonds. The lowest BCUT2D eigenvalue weighted by Gasteiger charge is -2.07. The molecule has 7 heteroatoms. The number of rotatable bonds is 5. The summed E-state index contributed by atoms with van der Waals surface area (Å²) in [5.41, 5.74) is 6.22. The molecule has 6 nitrogen and oxygen atoms in total. The maximum Gasteiger partial charge on any atom is 0.162 e. The second-order valence-electron chi connectivity index (χ2n) is 7.71. The van der Waals surface area contributed by atoms with Gasteiger partial charge in [0, 0.05) is 24.0 Å². The van der Waals surface area contributed by atoms with E-state index in [4.69, 9.17) is 16.6 Å². The number of pyridine rings is 1. The van der Waals surface area contributed by atoms with Gasteiger partial charge in [0.2, 0.25) is 0 Å². The molecule has 1 aliphatic rings. The van der Waals surface area contributed by atoms with E-state index < -0.39 is 0 Å². The molecule has 0 spiro atoms. The molecule has 0 atom stereocenters. The lowest BCUT2D eigenvalue weighted by molar-refractivity contribution is 0.920. The molecular weight excluding hydrogens is 396 g/mol. The highest BCUT2D eigenvalue weighted by molar-refractivity contribution is 6.29. The lowest BCUT2D eigenvalue weighted by Crippen LogP contribution is -2.06. The second-order valence-corrected chi connectivity index (χ2v) is 8.09. The number of imidazole rings is 1. The molecular formula is C23H19ClN6. The summed E-state index contributed by atoms with van der Waals surface area (Å²) >= 11 is 6.29. The first-order chi connectivity index (χ1) is 14.7. The first-order valence-electron chi connectivity index (χ1n) is 10.1. The molecule has 148 valence electrons. The van der Waals surface area contributed by atoms with E-state index in [9.17, 15) is 0 Å². The van der Waals surface area contributed by atoms with Gasteiger partial charge >= 0.3 is 0 Å². The second kappa shape index (κ2) is 6.85. The molecule has 1 N–H and O–H groups in total. The van der Waals surface area contributed by atoms with Crippen LogP contribution in [0.3, 0.4) is 0 Å². The Morgan fingerprint density at radius 1 is 1.03 bits per heavy atom. The van der Waals surface area contributed by atoms with Crippen molar-refractivity contribution in [2.45, 2.75) is 25.3 Å². The molecule has 1 fully saturated rings. The molecule has 0 unspecified atom stereocenters. The minimum absolute atomic E-state index is 0.468. The zero-order valence-corrected chi connectivity index (χ0v) is 16.9. The van der Waals surface area contributed by atoms with Crippen LogP contribution in [0.15, 0.2) is 67.1 Å². The number of hydrogen-bond donors (Lipinski definition) is 1. The molecule has 0 radical (unpaired) electrons. The van der Waals surface area contributed by atoms with Gasteiger partial charge in [-0.2, -0.15) is 9.61 Å². The van der Waals surface area contributed by atoms with Gasteiger partial charge in [-0.05, 0) is 42.0 Å². The third-order valence-electron chi connectivity index (χ3n) is 5.55. The van der Waals surface area contributed by atoms with E-state index in [1.54, 1.807) is 0 Å². The van der Waals surface area contributed by atoms with Crippen LogP contribution in [-0.2, 0) is 6.54 Å². The topological polar surface area (TPSA) is 59.5 Å². The average molecular weight is 415 g/mol. The number of hydrogen-bond acceptors (Lipinski definition) is 4. The van der Waals surface area contributed by atoms with E-state index in [-0.39, 0.29) is 0 Å². The summed E-state index contributed by atoms with van der Waals surface area (Å²) < 4.78 is 3.88. The molecule has 6 rings (SSSR count). The highest BCUT2D eigenvalue weighted by atomic mass is 35.5. The Morgan fingerprint density at radius 3 is 2.73 bits per heavy atom. The van der Waals surface area contributed by atoms with Gasteiger partial charge in [-0.1, -0.05) is 41.9 Å². The summed E-state index contributed by atoms with van der Waals surface area (Å²) in [6, 6.07) is 16.4. The van der Waals surface area contributed by atoms with Gasteiger partial charge in [-0.3, -0.25) is 0 Å². The number of aromatic nitrogens is 5. The minimum Gasteiger partial charge on any atom is -0.364 e. The summed E-state index contributed by atoms with van der Waals surface area (Å²) in [6.45, 7) is 0.566. The van der Waals surface area contributed by atoms with E-state index in [0.29, 0.717) is 17.6 Å².